The summed E-state index contributed by atoms with van der Waals surface area (Å²) in [4.78, 5) is 0. The van der Waals surface area contributed by atoms with Crippen LogP contribution in [0, 0.1) is 5.92 Å². The van der Waals surface area contributed by atoms with Gasteiger partial charge in [-0.2, -0.15) is 0 Å². The van der Waals surface area contributed by atoms with E-state index >= 15 is 0 Å². The molecule has 2 aromatic rings. The normalized spacial score (nSPS) is 20.8. The Kier molecular flexibility index (Phi) is 7.42. The zero-order valence-corrected chi connectivity index (χ0v) is 27.3. The SMILES string of the molecule is CCC(C)(C)c1cc2c(c(C(C)(C)C)c1)CP(CCCC(C)C)C1c3c-2cc(C(C)(C)C)cc3C1(C)C. The smallest absolute Gasteiger partial charge is 0.0146 e. The van der Waals surface area contributed by atoms with Crippen molar-refractivity contribution < 1.29 is 0 Å². The maximum absolute atomic E-state index is 2.63. The van der Waals surface area contributed by atoms with Crippen LogP contribution in [-0.2, 0) is 27.8 Å². The van der Waals surface area contributed by atoms with Crippen molar-refractivity contribution >= 4 is 7.92 Å². The molecular weight excluding hydrogens is 463 g/mol. The molecule has 1 heteroatoms. The molecule has 4 rings (SSSR count). The first-order valence-corrected chi connectivity index (χ1v) is 16.8. The van der Waals surface area contributed by atoms with Crippen LogP contribution in [0.15, 0.2) is 24.3 Å². The average Bonchev–Trinajstić information content (AvgIpc) is 2.90. The van der Waals surface area contributed by atoms with Gasteiger partial charge in [0.25, 0.3) is 0 Å². The van der Waals surface area contributed by atoms with E-state index in [0.29, 0.717) is 0 Å². The fourth-order valence-electron chi connectivity index (χ4n) is 6.76. The van der Waals surface area contributed by atoms with Gasteiger partial charge in [-0.3, -0.25) is 0 Å². The summed E-state index contributed by atoms with van der Waals surface area (Å²) < 4.78 is 0. The molecule has 0 saturated heterocycles. The summed E-state index contributed by atoms with van der Waals surface area (Å²) in [6.45, 7) is 31.6. The van der Waals surface area contributed by atoms with Gasteiger partial charge < -0.3 is 0 Å². The molecule has 0 fully saturated rings. The molecule has 2 aliphatic rings. The fourth-order valence-corrected chi connectivity index (χ4v) is 10.4. The molecule has 2 unspecified atom stereocenters. The van der Waals surface area contributed by atoms with Crippen molar-refractivity contribution in [2.45, 2.75) is 143 Å². The van der Waals surface area contributed by atoms with Crippen molar-refractivity contribution in [3.8, 4) is 11.1 Å². The lowest BCUT2D eigenvalue weighted by Gasteiger charge is -2.52. The van der Waals surface area contributed by atoms with Crippen LogP contribution >= 0.6 is 7.92 Å². The fraction of sp³-hybridized carbons (Fsp3) is 0.667. The zero-order valence-electron chi connectivity index (χ0n) is 26.4. The van der Waals surface area contributed by atoms with Crippen LogP contribution in [0.1, 0.15) is 148 Å². The Balaban J connectivity index is 2.05. The van der Waals surface area contributed by atoms with Gasteiger partial charge in [0.2, 0.25) is 0 Å². The molecule has 1 heterocycles. The van der Waals surface area contributed by atoms with Crippen molar-refractivity contribution in [2.75, 3.05) is 6.16 Å². The minimum absolute atomic E-state index is 0.117. The predicted octanol–water partition coefficient (Wildman–Crippen LogP) is 11.4. The van der Waals surface area contributed by atoms with E-state index in [1.165, 1.54) is 36.3 Å². The lowest BCUT2D eigenvalue weighted by molar-refractivity contribution is 0.434. The van der Waals surface area contributed by atoms with Gasteiger partial charge in [0.1, 0.15) is 0 Å². The van der Waals surface area contributed by atoms with Gasteiger partial charge in [-0.15, -0.1) is 0 Å². The molecule has 2 aromatic carbocycles. The molecule has 204 valence electrons. The Morgan fingerprint density at radius 2 is 1.49 bits per heavy atom. The third-order valence-electron chi connectivity index (χ3n) is 9.66. The van der Waals surface area contributed by atoms with Gasteiger partial charge in [0.05, 0.1) is 0 Å². The van der Waals surface area contributed by atoms with Gasteiger partial charge >= 0.3 is 0 Å². The summed E-state index contributed by atoms with van der Waals surface area (Å²) in [7, 11) is -0.117. The highest BCUT2D eigenvalue weighted by Gasteiger charge is 2.52. The van der Waals surface area contributed by atoms with E-state index in [2.05, 4.69) is 114 Å². The van der Waals surface area contributed by atoms with Gasteiger partial charge in [-0.1, -0.05) is 129 Å². The topological polar surface area (TPSA) is 0 Å². The molecule has 2 atom stereocenters. The van der Waals surface area contributed by atoms with Crippen LogP contribution in [0.2, 0.25) is 0 Å². The number of hydrogen-bond acceptors (Lipinski definition) is 0. The summed E-state index contributed by atoms with van der Waals surface area (Å²) in [6.07, 6.45) is 6.59. The van der Waals surface area contributed by atoms with Gasteiger partial charge in [-0.05, 0) is 91.8 Å². The molecule has 1 aliphatic carbocycles. The minimum atomic E-state index is -0.117. The van der Waals surface area contributed by atoms with E-state index in [-0.39, 0.29) is 29.6 Å². The van der Waals surface area contributed by atoms with E-state index in [9.17, 15) is 0 Å². The monoisotopic (exact) mass is 518 g/mol. The van der Waals surface area contributed by atoms with Crippen molar-refractivity contribution in [1.29, 1.82) is 0 Å². The van der Waals surface area contributed by atoms with Crippen molar-refractivity contribution in [3.05, 3.63) is 57.6 Å². The quantitative estimate of drug-likeness (QED) is 0.334. The molecule has 0 bridgehead atoms. The highest BCUT2D eigenvalue weighted by atomic mass is 31.1. The molecule has 0 saturated carbocycles. The summed E-state index contributed by atoms with van der Waals surface area (Å²) in [6, 6.07) is 10.4. The van der Waals surface area contributed by atoms with Crippen LogP contribution in [0.4, 0.5) is 0 Å². The van der Waals surface area contributed by atoms with Gasteiger partial charge in [0, 0.05) is 11.1 Å². The number of benzene rings is 2. The maximum Gasteiger partial charge on any atom is 0.0146 e. The Hall–Kier alpha value is -1.13. The summed E-state index contributed by atoms with van der Waals surface area (Å²) >= 11 is 0. The molecule has 0 amide bonds. The van der Waals surface area contributed by atoms with E-state index < -0.39 is 0 Å². The first kappa shape index (κ1) is 28.9. The molecule has 37 heavy (non-hydrogen) atoms. The van der Waals surface area contributed by atoms with Crippen molar-refractivity contribution in [1.82, 2.24) is 0 Å². The largest absolute Gasteiger partial charge is 0.0936 e. The van der Waals surface area contributed by atoms with Gasteiger partial charge in [0.15, 0.2) is 0 Å². The summed E-state index contributed by atoms with van der Waals surface area (Å²) in [5.41, 5.74) is 14.3. The highest BCUT2D eigenvalue weighted by Crippen LogP contribution is 2.73. The van der Waals surface area contributed by atoms with Gasteiger partial charge in [-0.25, -0.2) is 0 Å². The lowest BCUT2D eigenvalue weighted by atomic mass is 9.62. The summed E-state index contributed by atoms with van der Waals surface area (Å²) in [5, 5.41) is 0. The third kappa shape index (κ3) is 5.11. The second-order valence-electron chi connectivity index (χ2n) is 15.9. The van der Waals surface area contributed by atoms with Crippen molar-refractivity contribution in [3.63, 3.8) is 0 Å². The van der Waals surface area contributed by atoms with E-state index in [0.717, 1.165) is 18.0 Å². The highest BCUT2D eigenvalue weighted by molar-refractivity contribution is 7.57. The van der Waals surface area contributed by atoms with Crippen molar-refractivity contribution in [2.24, 2.45) is 5.92 Å². The lowest BCUT2D eigenvalue weighted by Crippen LogP contribution is -2.38. The summed E-state index contributed by atoms with van der Waals surface area (Å²) in [5.74, 6) is 0.796. The standard InChI is InChI=1S/C36H55P/c1-14-35(10,11)25-19-26-27-18-24(33(4,5)6)20-30-31(27)32(36(30,12)13)37(17-15-16-23(2)3)22-28(26)29(21-25)34(7,8)9/h18-21,23,32H,14-17,22H2,1-13H3. The maximum atomic E-state index is 2.63. The number of fused-ring (bicyclic) bond motifs is 2. The molecule has 0 N–H and O–H groups in total. The van der Waals surface area contributed by atoms with E-state index in [1.54, 1.807) is 33.4 Å². The molecule has 1 aliphatic heterocycles. The van der Waals surface area contributed by atoms with Crippen LogP contribution < -0.4 is 0 Å². The first-order chi connectivity index (χ1) is 16.9. The predicted molar refractivity (Wildman–Crippen MR) is 168 cm³/mol. The molecular formula is C36H55P. The van der Waals surface area contributed by atoms with Crippen LogP contribution in [-0.4, -0.2) is 6.16 Å². The minimum Gasteiger partial charge on any atom is -0.0936 e. The van der Waals surface area contributed by atoms with Crippen LogP contribution in [0.25, 0.3) is 11.1 Å². The Labute approximate surface area is 231 Å². The van der Waals surface area contributed by atoms with E-state index in [4.69, 9.17) is 0 Å². The Bertz CT molecular complexity index is 1160. The molecule has 0 spiro atoms. The average molecular weight is 519 g/mol. The van der Waals surface area contributed by atoms with Crippen LogP contribution in [0.3, 0.4) is 0 Å². The zero-order chi connectivity index (χ0) is 27.7. The molecule has 0 radical (unpaired) electrons. The number of rotatable bonds is 6. The second kappa shape index (κ2) is 9.51. The second-order valence-corrected chi connectivity index (χ2v) is 18.4. The molecule has 0 aromatic heterocycles. The van der Waals surface area contributed by atoms with Crippen LogP contribution in [0.5, 0.6) is 0 Å². The van der Waals surface area contributed by atoms with E-state index in [1.807, 2.05) is 0 Å². The first-order valence-electron chi connectivity index (χ1n) is 15.0. The molecule has 0 nitrogen and oxygen atoms in total. The Morgan fingerprint density at radius 1 is 0.865 bits per heavy atom. The number of hydrogen-bond donors (Lipinski definition) is 0. The third-order valence-corrected chi connectivity index (χ3v) is 12.9. The Morgan fingerprint density at radius 3 is 2.03 bits per heavy atom.